The third-order valence-electron chi connectivity index (χ3n) is 2.17. The van der Waals surface area contributed by atoms with E-state index in [2.05, 4.69) is 21.2 Å². The van der Waals surface area contributed by atoms with E-state index in [-0.39, 0.29) is 11.7 Å². The highest BCUT2D eigenvalue weighted by atomic mass is 79.9. The van der Waals surface area contributed by atoms with E-state index in [0.29, 0.717) is 17.6 Å². The molecule has 1 atom stereocenters. The Balaban J connectivity index is 2.61. The predicted molar refractivity (Wildman–Crippen MR) is 67.5 cm³/mol. The standard InChI is InChI=1S/C12H15BrFNO2/c1-3-17-8(2)7-15-12(16)10-6-9(13)4-5-11(10)14/h4-6,8H,3,7H2,1-2H3,(H,15,16). The number of hydrogen-bond acceptors (Lipinski definition) is 2. The summed E-state index contributed by atoms with van der Waals surface area (Å²) in [6, 6.07) is 4.26. The molecule has 3 nitrogen and oxygen atoms in total. The summed E-state index contributed by atoms with van der Waals surface area (Å²) in [6.07, 6.45) is -0.0841. The topological polar surface area (TPSA) is 38.3 Å². The fourth-order valence-electron chi connectivity index (χ4n) is 1.35. The van der Waals surface area contributed by atoms with Crippen LogP contribution in [0.5, 0.6) is 0 Å². The van der Waals surface area contributed by atoms with Crippen LogP contribution in [-0.2, 0) is 4.74 Å². The molecule has 0 fully saturated rings. The molecule has 0 saturated heterocycles. The largest absolute Gasteiger partial charge is 0.377 e. The summed E-state index contributed by atoms with van der Waals surface area (Å²) in [5, 5.41) is 2.63. The van der Waals surface area contributed by atoms with E-state index in [0.717, 1.165) is 0 Å². The van der Waals surface area contributed by atoms with E-state index < -0.39 is 11.7 Å². The number of rotatable bonds is 5. The lowest BCUT2D eigenvalue weighted by Gasteiger charge is -2.12. The Labute approximate surface area is 108 Å². The van der Waals surface area contributed by atoms with Gasteiger partial charge in [-0.05, 0) is 32.0 Å². The van der Waals surface area contributed by atoms with E-state index >= 15 is 0 Å². The van der Waals surface area contributed by atoms with Crippen molar-refractivity contribution in [2.24, 2.45) is 0 Å². The number of carbonyl (C=O) groups excluding carboxylic acids is 1. The molecule has 0 aromatic heterocycles. The molecular formula is C12H15BrFNO2. The highest BCUT2D eigenvalue weighted by Gasteiger charge is 2.12. The van der Waals surface area contributed by atoms with Gasteiger partial charge in [-0.1, -0.05) is 15.9 Å². The van der Waals surface area contributed by atoms with Crippen molar-refractivity contribution in [1.29, 1.82) is 0 Å². The molecule has 0 aliphatic rings. The molecule has 1 aromatic rings. The van der Waals surface area contributed by atoms with Crippen LogP contribution in [0.4, 0.5) is 4.39 Å². The van der Waals surface area contributed by atoms with E-state index in [1.165, 1.54) is 12.1 Å². The molecule has 5 heteroatoms. The summed E-state index contributed by atoms with van der Waals surface area (Å²) in [5.74, 6) is -0.967. The van der Waals surface area contributed by atoms with Crippen LogP contribution >= 0.6 is 15.9 Å². The van der Waals surface area contributed by atoms with Crippen molar-refractivity contribution in [1.82, 2.24) is 5.32 Å². The SMILES string of the molecule is CCOC(C)CNC(=O)c1cc(Br)ccc1F. The maximum atomic E-state index is 13.4. The highest BCUT2D eigenvalue weighted by Crippen LogP contribution is 2.15. The van der Waals surface area contributed by atoms with E-state index in [4.69, 9.17) is 4.74 Å². The molecule has 1 amide bonds. The van der Waals surface area contributed by atoms with Gasteiger partial charge in [0.05, 0.1) is 11.7 Å². The van der Waals surface area contributed by atoms with Gasteiger partial charge in [0.15, 0.2) is 0 Å². The minimum Gasteiger partial charge on any atom is -0.377 e. The second kappa shape index (κ2) is 6.71. The molecule has 0 spiro atoms. The van der Waals surface area contributed by atoms with Gasteiger partial charge in [0, 0.05) is 17.6 Å². The number of nitrogens with one attached hydrogen (secondary N) is 1. The van der Waals surface area contributed by atoms with E-state index in [9.17, 15) is 9.18 Å². The summed E-state index contributed by atoms with van der Waals surface area (Å²) >= 11 is 3.20. The van der Waals surface area contributed by atoms with Gasteiger partial charge in [-0.2, -0.15) is 0 Å². The van der Waals surface area contributed by atoms with Gasteiger partial charge in [0.1, 0.15) is 5.82 Å². The van der Waals surface area contributed by atoms with Gasteiger partial charge in [-0.25, -0.2) is 4.39 Å². The van der Waals surface area contributed by atoms with Gasteiger partial charge in [-0.15, -0.1) is 0 Å². The van der Waals surface area contributed by atoms with Gasteiger partial charge in [-0.3, -0.25) is 4.79 Å². The Morgan fingerprint density at radius 3 is 2.94 bits per heavy atom. The molecule has 1 rings (SSSR count). The van der Waals surface area contributed by atoms with Gasteiger partial charge in [0.25, 0.3) is 5.91 Å². The van der Waals surface area contributed by atoms with Gasteiger partial charge in [0.2, 0.25) is 0 Å². The van der Waals surface area contributed by atoms with Crippen molar-refractivity contribution in [3.05, 3.63) is 34.1 Å². The average Bonchev–Trinajstić information content (AvgIpc) is 2.29. The quantitative estimate of drug-likeness (QED) is 0.908. The van der Waals surface area contributed by atoms with Gasteiger partial charge < -0.3 is 10.1 Å². The molecule has 1 aromatic carbocycles. The van der Waals surface area contributed by atoms with Crippen LogP contribution < -0.4 is 5.32 Å². The lowest BCUT2D eigenvalue weighted by molar-refractivity contribution is 0.0693. The van der Waals surface area contributed by atoms with Crippen LogP contribution in [0.25, 0.3) is 0 Å². The zero-order valence-electron chi connectivity index (χ0n) is 9.80. The first-order chi connectivity index (χ1) is 8.04. The van der Waals surface area contributed by atoms with E-state index in [1.807, 2.05) is 13.8 Å². The summed E-state index contributed by atoms with van der Waals surface area (Å²) in [7, 11) is 0. The number of amides is 1. The Morgan fingerprint density at radius 1 is 1.59 bits per heavy atom. The maximum absolute atomic E-state index is 13.4. The summed E-state index contributed by atoms with van der Waals surface area (Å²) in [4.78, 5) is 11.7. The van der Waals surface area contributed by atoms with Crippen LogP contribution in [0.3, 0.4) is 0 Å². The predicted octanol–water partition coefficient (Wildman–Crippen LogP) is 2.74. The number of hydrogen-bond donors (Lipinski definition) is 1. The third-order valence-corrected chi connectivity index (χ3v) is 2.67. The minimum absolute atomic E-state index is 0.0306. The second-order valence-corrected chi connectivity index (χ2v) is 4.52. The number of ether oxygens (including phenoxy) is 1. The molecular weight excluding hydrogens is 289 g/mol. The fraction of sp³-hybridized carbons (Fsp3) is 0.417. The molecule has 17 heavy (non-hydrogen) atoms. The molecule has 0 aliphatic heterocycles. The first kappa shape index (κ1) is 14.1. The zero-order chi connectivity index (χ0) is 12.8. The van der Waals surface area contributed by atoms with Crippen LogP contribution in [0, 0.1) is 5.82 Å². The zero-order valence-corrected chi connectivity index (χ0v) is 11.4. The summed E-state index contributed by atoms with van der Waals surface area (Å²) < 4.78 is 19.3. The molecule has 0 bridgehead atoms. The monoisotopic (exact) mass is 303 g/mol. The molecule has 94 valence electrons. The second-order valence-electron chi connectivity index (χ2n) is 3.60. The van der Waals surface area contributed by atoms with Crippen molar-refractivity contribution in [3.8, 4) is 0 Å². The first-order valence-corrected chi connectivity index (χ1v) is 6.18. The molecule has 0 radical (unpaired) electrons. The average molecular weight is 304 g/mol. The molecule has 1 N–H and O–H groups in total. The van der Waals surface area contributed by atoms with E-state index in [1.54, 1.807) is 6.07 Å². The van der Waals surface area contributed by atoms with Crippen molar-refractivity contribution < 1.29 is 13.9 Å². The van der Waals surface area contributed by atoms with Crippen LogP contribution in [0.2, 0.25) is 0 Å². The van der Waals surface area contributed by atoms with Crippen molar-refractivity contribution in [2.45, 2.75) is 20.0 Å². The number of benzene rings is 1. The Hall–Kier alpha value is -0.940. The first-order valence-electron chi connectivity index (χ1n) is 5.39. The summed E-state index contributed by atoms with van der Waals surface area (Å²) in [6.45, 7) is 4.67. The fourth-order valence-corrected chi connectivity index (χ4v) is 1.71. The normalized spacial score (nSPS) is 12.2. The molecule has 0 saturated carbocycles. The number of halogens is 2. The third kappa shape index (κ3) is 4.44. The van der Waals surface area contributed by atoms with Crippen LogP contribution in [0.1, 0.15) is 24.2 Å². The Bertz CT molecular complexity index is 398. The molecule has 0 heterocycles. The van der Waals surface area contributed by atoms with Crippen molar-refractivity contribution in [3.63, 3.8) is 0 Å². The Morgan fingerprint density at radius 2 is 2.29 bits per heavy atom. The smallest absolute Gasteiger partial charge is 0.254 e. The van der Waals surface area contributed by atoms with Crippen molar-refractivity contribution >= 4 is 21.8 Å². The summed E-state index contributed by atoms with van der Waals surface area (Å²) in [5.41, 5.74) is 0.0306. The minimum atomic E-state index is -0.533. The molecule has 1 unspecified atom stereocenters. The van der Waals surface area contributed by atoms with Gasteiger partial charge >= 0.3 is 0 Å². The Kier molecular flexibility index (Phi) is 5.58. The number of carbonyl (C=O) groups is 1. The molecule has 0 aliphatic carbocycles. The van der Waals surface area contributed by atoms with Crippen LogP contribution in [0.15, 0.2) is 22.7 Å². The maximum Gasteiger partial charge on any atom is 0.254 e. The highest BCUT2D eigenvalue weighted by molar-refractivity contribution is 9.10. The lowest BCUT2D eigenvalue weighted by atomic mass is 10.2. The lowest BCUT2D eigenvalue weighted by Crippen LogP contribution is -2.32. The van der Waals surface area contributed by atoms with Crippen molar-refractivity contribution in [2.75, 3.05) is 13.2 Å². The van der Waals surface area contributed by atoms with Crippen LogP contribution in [-0.4, -0.2) is 25.2 Å².